The maximum Gasteiger partial charge on any atom is 0.122 e. The van der Waals surface area contributed by atoms with E-state index in [4.69, 9.17) is 0 Å². The minimum Gasteiger partial charge on any atom is -0.507 e. The molecule has 0 radical (unpaired) electrons. The number of hydrogen-bond acceptors (Lipinski definition) is 2. The molecule has 1 saturated carbocycles. The van der Waals surface area contributed by atoms with E-state index in [9.17, 15) is 10.2 Å². The lowest BCUT2D eigenvalue weighted by Crippen LogP contribution is -2.25. The van der Waals surface area contributed by atoms with Gasteiger partial charge >= 0.3 is 0 Å². The van der Waals surface area contributed by atoms with Crippen LogP contribution in [0.4, 0.5) is 0 Å². The van der Waals surface area contributed by atoms with Gasteiger partial charge in [0.25, 0.3) is 0 Å². The summed E-state index contributed by atoms with van der Waals surface area (Å²) in [6.07, 6.45) is 6.31. The van der Waals surface area contributed by atoms with Crippen LogP contribution < -0.4 is 0 Å². The summed E-state index contributed by atoms with van der Waals surface area (Å²) in [6.45, 7) is 6.16. The minimum atomic E-state index is -0.426. The summed E-state index contributed by atoms with van der Waals surface area (Å²) in [5.41, 5.74) is 2.93. The molecule has 0 bridgehead atoms. The van der Waals surface area contributed by atoms with Crippen LogP contribution in [0.3, 0.4) is 0 Å². The summed E-state index contributed by atoms with van der Waals surface area (Å²) < 4.78 is 0. The largest absolute Gasteiger partial charge is 0.507 e. The van der Waals surface area contributed by atoms with Crippen LogP contribution in [0.1, 0.15) is 75.2 Å². The second-order valence-corrected chi connectivity index (χ2v) is 6.28. The van der Waals surface area contributed by atoms with Gasteiger partial charge < -0.3 is 10.2 Å². The highest BCUT2D eigenvalue weighted by Crippen LogP contribution is 2.44. The van der Waals surface area contributed by atoms with E-state index in [0.29, 0.717) is 12.2 Å². The topological polar surface area (TPSA) is 40.5 Å². The number of aliphatic hydroxyl groups excluding tert-OH is 1. The molecule has 2 heteroatoms. The van der Waals surface area contributed by atoms with Gasteiger partial charge in [-0.25, -0.2) is 0 Å². The van der Waals surface area contributed by atoms with E-state index < -0.39 is 6.10 Å². The monoisotopic (exact) mass is 262 g/mol. The van der Waals surface area contributed by atoms with Gasteiger partial charge in [-0.05, 0) is 54.9 Å². The van der Waals surface area contributed by atoms with Crippen molar-refractivity contribution >= 4 is 0 Å². The zero-order valence-electron chi connectivity index (χ0n) is 12.4. The van der Waals surface area contributed by atoms with Crippen molar-refractivity contribution in [2.45, 2.75) is 70.8 Å². The summed E-state index contributed by atoms with van der Waals surface area (Å²) in [4.78, 5) is 0. The Bertz CT molecular complexity index is 445. The molecule has 1 fully saturated rings. The Balaban J connectivity index is 2.46. The Hall–Kier alpha value is -1.02. The van der Waals surface area contributed by atoms with Gasteiger partial charge in [0.1, 0.15) is 5.75 Å². The molecule has 0 aliphatic heterocycles. The molecule has 1 aromatic carbocycles. The Morgan fingerprint density at radius 3 is 2.42 bits per heavy atom. The fourth-order valence-electron chi connectivity index (χ4n) is 3.30. The molecule has 2 nitrogen and oxygen atoms in total. The first-order chi connectivity index (χ1) is 8.98. The van der Waals surface area contributed by atoms with Gasteiger partial charge in [-0.1, -0.05) is 33.1 Å². The first kappa shape index (κ1) is 14.4. The predicted octanol–water partition coefficient (Wildman–Crippen LogP) is 4.37. The van der Waals surface area contributed by atoms with Gasteiger partial charge in [-0.2, -0.15) is 0 Å². The van der Waals surface area contributed by atoms with E-state index in [2.05, 4.69) is 6.92 Å². The first-order valence-corrected chi connectivity index (χ1v) is 7.50. The lowest BCUT2D eigenvalue weighted by molar-refractivity contribution is 0.173. The number of phenols is 1. The number of aliphatic hydroxyl groups is 1. The highest BCUT2D eigenvalue weighted by Gasteiger charge is 2.32. The molecule has 1 aliphatic rings. The Morgan fingerprint density at radius 2 is 1.84 bits per heavy atom. The molecule has 1 aliphatic carbocycles. The zero-order valence-corrected chi connectivity index (χ0v) is 12.4. The number of benzene rings is 1. The Morgan fingerprint density at radius 1 is 1.21 bits per heavy atom. The molecular formula is C17H26O2. The molecule has 1 unspecified atom stereocenters. The summed E-state index contributed by atoms with van der Waals surface area (Å²) in [5.74, 6) is 0.427. The number of aryl methyl sites for hydroxylation is 1. The molecule has 0 heterocycles. The van der Waals surface area contributed by atoms with Crippen LogP contribution in [0.2, 0.25) is 0 Å². The van der Waals surface area contributed by atoms with Crippen LogP contribution in [0.25, 0.3) is 0 Å². The maximum absolute atomic E-state index is 10.4. The van der Waals surface area contributed by atoms with Crippen molar-refractivity contribution < 1.29 is 10.2 Å². The lowest BCUT2D eigenvalue weighted by Gasteiger charge is -2.35. The smallest absolute Gasteiger partial charge is 0.122 e. The highest BCUT2D eigenvalue weighted by atomic mass is 16.3. The number of aromatic hydroxyl groups is 1. The normalized spacial score (nSPS) is 20.2. The van der Waals surface area contributed by atoms with Crippen molar-refractivity contribution in [1.29, 1.82) is 0 Å². The SMILES string of the molecule is CCC(O)c1cc(C)c(O)c(C2(C)CCCCC2)c1. The molecule has 2 rings (SSSR count). The van der Waals surface area contributed by atoms with Gasteiger partial charge in [0.2, 0.25) is 0 Å². The van der Waals surface area contributed by atoms with Crippen LogP contribution in [0.15, 0.2) is 12.1 Å². The lowest BCUT2D eigenvalue weighted by atomic mass is 9.70. The molecule has 1 aromatic rings. The van der Waals surface area contributed by atoms with Gasteiger partial charge in [0.05, 0.1) is 6.10 Å². The fourth-order valence-corrected chi connectivity index (χ4v) is 3.30. The fraction of sp³-hybridized carbons (Fsp3) is 0.647. The quantitative estimate of drug-likeness (QED) is 0.849. The van der Waals surface area contributed by atoms with E-state index >= 15 is 0 Å². The van der Waals surface area contributed by atoms with E-state index in [1.54, 1.807) is 0 Å². The van der Waals surface area contributed by atoms with Crippen molar-refractivity contribution in [3.63, 3.8) is 0 Å². The van der Waals surface area contributed by atoms with Gasteiger partial charge in [-0.3, -0.25) is 0 Å². The number of hydrogen-bond donors (Lipinski definition) is 2. The summed E-state index contributed by atoms with van der Waals surface area (Å²) in [5, 5.41) is 20.5. The third kappa shape index (κ3) is 2.79. The molecule has 1 atom stereocenters. The van der Waals surface area contributed by atoms with Crippen LogP contribution >= 0.6 is 0 Å². The second-order valence-electron chi connectivity index (χ2n) is 6.28. The Labute approximate surface area is 116 Å². The molecule has 0 aromatic heterocycles. The predicted molar refractivity (Wildman–Crippen MR) is 78.5 cm³/mol. The van der Waals surface area contributed by atoms with Crippen molar-refractivity contribution in [2.75, 3.05) is 0 Å². The average Bonchev–Trinajstić information content (AvgIpc) is 2.41. The number of rotatable bonds is 3. The summed E-state index contributed by atoms with van der Waals surface area (Å²) >= 11 is 0. The Kier molecular flexibility index (Phi) is 4.19. The van der Waals surface area contributed by atoms with Crippen molar-refractivity contribution in [2.24, 2.45) is 0 Å². The molecule has 0 spiro atoms. The third-order valence-electron chi connectivity index (χ3n) is 4.70. The van der Waals surface area contributed by atoms with E-state index in [1.165, 1.54) is 19.3 Å². The minimum absolute atomic E-state index is 0.0660. The average molecular weight is 262 g/mol. The van der Waals surface area contributed by atoms with Gasteiger partial charge in [-0.15, -0.1) is 0 Å². The molecule has 0 amide bonds. The molecule has 2 N–H and O–H groups in total. The highest BCUT2D eigenvalue weighted by molar-refractivity contribution is 5.47. The molecule has 19 heavy (non-hydrogen) atoms. The van der Waals surface area contributed by atoms with Crippen molar-refractivity contribution in [3.8, 4) is 5.75 Å². The first-order valence-electron chi connectivity index (χ1n) is 7.50. The standard InChI is InChI=1S/C17H26O2/c1-4-15(18)13-10-12(2)16(19)14(11-13)17(3)8-6-5-7-9-17/h10-11,15,18-19H,4-9H2,1-3H3. The molecule has 106 valence electrons. The van der Waals surface area contributed by atoms with Crippen LogP contribution in [0.5, 0.6) is 5.75 Å². The van der Waals surface area contributed by atoms with Crippen LogP contribution in [-0.4, -0.2) is 10.2 Å². The van der Waals surface area contributed by atoms with Gasteiger partial charge in [0.15, 0.2) is 0 Å². The molecule has 0 saturated heterocycles. The van der Waals surface area contributed by atoms with E-state index in [0.717, 1.165) is 29.5 Å². The molecular weight excluding hydrogens is 236 g/mol. The maximum atomic E-state index is 10.4. The van der Waals surface area contributed by atoms with Crippen LogP contribution in [0, 0.1) is 6.92 Å². The zero-order chi connectivity index (χ0) is 14.0. The summed E-state index contributed by atoms with van der Waals surface area (Å²) in [6, 6.07) is 3.95. The third-order valence-corrected chi connectivity index (χ3v) is 4.70. The second kappa shape index (κ2) is 5.54. The van der Waals surface area contributed by atoms with E-state index in [1.807, 2.05) is 26.0 Å². The van der Waals surface area contributed by atoms with Crippen LogP contribution in [-0.2, 0) is 5.41 Å². The summed E-state index contributed by atoms with van der Waals surface area (Å²) in [7, 11) is 0. The van der Waals surface area contributed by atoms with E-state index in [-0.39, 0.29) is 5.41 Å². The van der Waals surface area contributed by atoms with Crippen molar-refractivity contribution in [1.82, 2.24) is 0 Å². The van der Waals surface area contributed by atoms with Crippen molar-refractivity contribution in [3.05, 3.63) is 28.8 Å². The van der Waals surface area contributed by atoms with Gasteiger partial charge in [0, 0.05) is 5.56 Å². The number of phenolic OH excluding ortho intramolecular Hbond substituents is 1.